The minimum Gasteiger partial charge on any atom is -0.282 e. The molecular weight excluding hydrogens is 324 g/mol. The van der Waals surface area contributed by atoms with E-state index < -0.39 is 34.4 Å². The molecule has 1 aromatic rings. The van der Waals surface area contributed by atoms with Crippen LogP contribution >= 0.6 is 0 Å². The van der Waals surface area contributed by atoms with Crippen molar-refractivity contribution in [3.8, 4) is 0 Å². The molecule has 0 bridgehead atoms. The summed E-state index contributed by atoms with van der Waals surface area (Å²) in [7, 11) is -4.36. The second kappa shape index (κ2) is 6.47. The molecule has 1 aromatic carbocycles. The van der Waals surface area contributed by atoms with Crippen molar-refractivity contribution in [2.24, 2.45) is 0 Å². The van der Waals surface area contributed by atoms with Gasteiger partial charge in [0.05, 0.1) is 10.6 Å². The summed E-state index contributed by atoms with van der Waals surface area (Å²) in [6.07, 6.45) is 0.991. The Hall–Kier alpha value is -2.26. The summed E-state index contributed by atoms with van der Waals surface area (Å²) in [6, 6.07) is 3.87. The molecule has 124 valence electrons. The molecule has 0 spiro atoms. The number of urea groups is 1. The first-order chi connectivity index (χ1) is 10.8. The zero-order chi connectivity index (χ0) is 17.2. The number of hydrogen-bond donors (Lipinski definition) is 1. The predicted molar refractivity (Wildman–Crippen MR) is 80.4 cm³/mol. The fraction of sp³-hybridized carbons (Fsp3) is 0.357. The first-order valence-corrected chi connectivity index (χ1v) is 8.44. The average Bonchev–Trinajstić information content (AvgIpc) is 2.46. The van der Waals surface area contributed by atoms with E-state index >= 15 is 0 Å². The van der Waals surface area contributed by atoms with Crippen molar-refractivity contribution in [2.45, 2.75) is 31.1 Å². The van der Waals surface area contributed by atoms with Gasteiger partial charge in [0.15, 0.2) is 0 Å². The van der Waals surface area contributed by atoms with Crippen molar-refractivity contribution in [3.63, 3.8) is 0 Å². The molecule has 0 atom stereocenters. The van der Waals surface area contributed by atoms with Crippen LogP contribution in [-0.2, 0) is 19.7 Å². The summed E-state index contributed by atoms with van der Waals surface area (Å²) in [4.78, 5) is 37.7. The first-order valence-electron chi connectivity index (χ1n) is 7.00. The van der Waals surface area contributed by atoms with E-state index in [1.165, 1.54) is 12.1 Å². The van der Waals surface area contributed by atoms with Gasteiger partial charge in [-0.15, -0.1) is 0 Å². The number of barbiturate groups is 1. The molecule has 8 nitrogen and oxygen atoms in total. The molecule has 2 rings (SSSR count). The van der Waals surface area contributed by atoms with Gasteiger partial charge >= 0.3 is 6.03 Å². The number of amides is 4. The van der Waals surface area contributed by atoms with Gasteiger partial charge in [0.25, 0.3) is 10.1 Å². The van der Waals surface area contributed by atoms with Crippen LogP contribution in [-0.4, -0.2) is 42.3 Å². The smallest absolute Gasteiger partial charge is 0.282 e. The second-order valence-corrected chi connectivity index (χ2v) is 6.48. The Balaban J connectivity index is 2.31. The summed E-state index contributed by atoms with van der Waals surface area (Å²) < 4.78 is 31.0. The number of nitrogens with zero attached hydrogens (tertiary/aromatic N) is 2. The molecule has 1 saturated heterocycles. The van der Waals surface area contributed by atoms with Crippen LogP contribution < -0.4 is 4.90 Å². The molecule has 23 heavy (non-hydrogen) atoms. The van der Waals surface area contributed by atoms with Crippen LogP contribution in [0.5, 0.6) is 0 Å². The molecule has 1 aliphatic rings. The van der Waals surface area contributed by atoms with E-state index in [0.717, 1.165) is 28.4 Å². The van der Waals surface area contributed by atoms with Crippen molar-refractivity contribution in [1.82, 2.24) is 4.90 Å². The third kappa shape index (κ3) is 3.57. The molecule has 1 heterocycles. The standard InChI is InChI=1S/C14H16N2O6S/c1-2-3-8-15-12(17)9-13(18)16(14(15)19)10-4-6-11(7-5-10)23(20,21)22/h4-7H,2-3,8-9H2,1H3,(H,20,21,22). The highest BCUT2D eigenvalue weighted by Crippen LogP contribution is 2.23. The van der Waals surface area contributed by atoms with E-state index in [2.05, 4.69) is 0 Å². The Kier molecular flexibility index (Phi) is 4.81. The molecule has 4 amide bonds. The second-order valence-electron chi connectivity index (χ2n) is 5.06. The highest BCUT2D eigenvalue weighted by molar-refractivity contribution is 7.85. The maximum atomic E-state index is 12.4. The van der Waals surface area contributed by atoms with Gasteiger partial charge in [-0.25, -0.2) is 9.69 Å². The maximum Gasteiger partial charge on any atom is 0.338 e. The summed E-state index contributed by atoms with van der Waals surface area (Å²) >= 11 is 0. The van der Waals surface area contributed by atoms with Crippen LogP contribution in [0.4, 0.5) is 10.5 Å². The number of benzene rings is 1. The highest BCUT2D eigenvalue weighted by atomic mass is 32.2. The molecule has 0 unspecified atom stereocenters. The van der Waals surface area contributed by atoms with Crippen molar-refractivity contribution < 1.29 is 27.4 Å². The maximum absolute atomic E-state index is 12.4. The number of rotatable bonds is 5. The zero-order valence-electron chi connectivity index (χ0n) is 12.4. The van der Waals surface area contributed by atoms with Gasteiger partial charge in [0.1, 0.15) is 6.42 Å². The predicted octanol–water partition coefficient (Wildman–Crippen LogP) is 1.42. The fourth-order valence-electron chi connectivity index (χ4n) is 2.20. The number of imide groups is 2. The average molecular weight is 340 g/mol. The SMILES string of the molecule is CCCCN1C(=O)CC(=O)N(c2ccc(S(=O)(=O)O)cc2)C1=O. The van der Waals surface area contributed by atoms with Gasteiger partial charge in [-0.05, 0) is 30.7 Å². The van der Waals surface area contributed by atoms with E-state index in [9.17, 15) is 22.8 Å². The number of carbonyl (C=O) groups is 3. The molecule has 0 radical (unpaired) electrons. The number of anilines is 1. The van der Waals surface area contributed by atoms with Gasteiger partial charge in [0.2, 0.25) is 11.8 Å². The van der Waals surface area contributed by atoms with E-state index in [4.69, 9.17) is 4.55 Å². The monoisotopic (exact) mass is 340 g/mol. The van der Waals surface area contributed by atoms with Gasteiger partial charge in [-0.3, -0.25) is 19.0 Å². The minimum absolute atomic E-state index is 0.140. The van der Waals surface area contributed by atoms with Crippen molar-refractivity contribution in [2.75, 3.05) is 11.4 Å². The van der Waals surface area contributed by atoms with E-state index in [1.54, 1.807) is 0 Å². The quantitative estimate of drug-likeness (QED) is 0.641. The van der Waals surface area contributed by atoms with Crippen LogP contribution in [0.1, 0.15) is 26.2 Å². The van der Waals surface area contributed by atoms with Crippen LogP contribution in [0.15, 0.2) is 29.2 Å². The number of hydrogen-bond acceptors (Lipinski definition) is 5. The third-order valence-electron chi connectivity index (χ3n) is 3.40. The van der Waals surface area contributed by atoms with Gasteiger partial charge in [-0.1, -0.05) is 13.3 Å². The topological polar surface area (TPSA) is 112 Å². The molecule has 0 aromatic heterocycles. The lowest BCUT2D eigenvalue weighted by molar-refractivity contribution is -0.134. The lowest BCUT2D eigenvalue weighted by atomic mass is 10.2. The van der Waals surface area contributed by atoms with E-state index in [1.807, 2.05) is 6.92 Å². The van der Waals surface area contributed by atoms with E-state index in [-0.39, 0.29) is 17.1 Å². The molecule has 1 fully saturated rings. The molecule has 1 aliphatic heterocycles. The molecule has 0 saturated carbocycles. The van der Waals surface area contributed by atoms with Crippen LogP contribution in [0, 0.1) is 0 Å². The van der Waals surface area contributed by atoms with E-state index in [0.29, 0.717) is 6.42 Å². The third-order valence-corrected chi connectivity index (χ3v) is 4.27. The highest BCUT2D eigenvalue weighted by Gasteiger charge is 2.38. The molecule has 9 heteroatoms. The first kappa shape index (κ1) is 17.1. The normalized spacial score (nSPS) is 16.2. The lowest BCUT2D eigenvalue weighted by Crippen LogP contribution is -2.55. The number of unbranched alkanes of at least 4 members (excludes halogenated alkanes) is 1. The summed E-state index contributed by atoms with van der Waals surface area (Å²) in [6.45, 7) is 2.14. The number of carbonyl (C=O) groups excluding carboxylic acids is 3. The van der Waals surface area contributed by atoms with Gasteiger partial charge in [-0.2, -0.15) is 8.42 Å². The van der Waals surface area contributed by atoms with Crippen molar-refractivity contribution >= 4 is 33.7 Å². The Bertz CT molecular complexity index is 741. The minimum atomic E-state index is -4.36. The zero-order valence-corrected chi connectivity index (χ0v) is 13.2. The van der Waals surface area contributed by atoms with Crippen LogP contribution in [0.25, 0.3) is 0 Å². The lowest BCUT2D eigenvalue weighted by Gasteiger charge is -2.32. The Morgan fingerprint density at radius 3 is 2.22 bits per heavy atom. The molecule has 0 aliphatic carbocycles. The summed E-state index contributed by atoms with van der Waals surface area (Å²) in [5.74, 6) is -1.22. The van der Waals surface area contributed by atoms with Crippen molar-refractivity contribution in [3.05, 3.63) is 24.3 Å². The van der Waals surface area contributed by atoms with Crippen molar-refractivity contribution in [1.29, 1.82) is 0 Å². The fourth-order valence-corrected chi connectivity index (χ4v) is 2.68. The van der Waals surface area contributed by atoms with Crippen LogP contribution in [0.3, 0.4) is 0 Å². The summed E-state index contributed by atoms with van der Waals surface area (Å²) in [5.41, 5.74) is 0.140. The molecular formula is C14H16N2O6S. The Morgan fingerprint density at radius 2 is 1.70 bits per heavy atom. The Labute approximate surface area is 133 Å². The van der Waals surface area contributed by atoms with Gasteiger partial charge < -0.3 is 0 Å². The Morgan fingerprint density at radius 1 is 1.09 bits per heavy atom. The van der Waals surface area contributed by atoms with Gasteiger partial charge in [0, 0.05) is 6.54 Å². The summed E-state index contributed by atoms with van der Waals surface area (Å²) in [5, 5.41) is 0. The molecule has 1 N–H and O–H groups in total. The largest absolute Gasteiger partial charge is 0.338 e. The van der Waals surface area contributed by atoms with Crippen LogP contribution in [0.2, 0.25) is 0 Å².